The largest absolute Gasteiger partial charge is 0.356 e. The quantitative estimate of drug-likeness (QED) is 0.513. The van der Waals surface area contributed by atoms with Crippen molar-refractivity contribution < 1.29 is 18.0 Å². The summed E-state index contributed by atoms with van der Waals surface area (Å²) < 4.78 is 24.1. The molecule has 0 spiro atoms. The van der Waals surface area contributed by atoms with Gasteiger partial charge in [0.05, 0.1) is 11.5 Å². The molecule has 0 saturated carbocycles. The molecule has 1 amide bonds. The third kappa shape index (κ3) is 7.19. The van der Waals surface area contributed by atoms with E-state index in [1.165, 1.54) is 0 Å². The molecule has 2 aromatic carbocycles. The fourth-order valence-corrected chi connectivity index (χ4v) is 3.93. The standard InChI is InChI=1S/C20H23NO4S/c22-19(18-10-5-2-6-11-18)12-13-20(23)21-14-7-15-26(24,25)16-17-8-3-1-4-9-17/h1-6,8-11H,7,12-16H2,(H,21,23). The number of benzene rings is 2. The van der Waals surface area contributed by atoms with E-state index in [9.17, 15) is 18.0 Å². The Labute approximate surface area is 154 Å². The second-order valence-corrected chi connectivity index (χ2v) is 8.25. The lowest BCUT2D eigenvalue weighted by atomic mass is 10.1. The van der Waals surface area contributed by atoms with Crippen LogP contribution in [0.25, 0.3) is 0 Å². The lowest BCUT2D eigenvalue weighted by molar-refractivity contribution is -0.121. The van der Waals surface area contributed by atoms with Crippen molar-refractivity contribution in [3.8, 4) is 0 Å². The Bertz CT molecular complexity index is 817. The monoisotopic (exact) mass is 373 g/mol. The summed E-state index contributed by atoms with van der Waals surface area (Å²) in [5.74, 6) is -0.292. The second-order valence-electron chi connectivity index (χ2n) is 6.07. The van der Waals surface area contributed by atoms with Gasteiger partial charge >= 0.3 is 0 Å². The molecule has 0 atom stereocenters. The van der Waals surface area contributed by atoms with Crippen molar-refractivity contribution in [1.82, 2.24) is 5.32 Å². The highest BCUT2D eigenvalue weighted by Crippen LogP contribution is 2.07. The number of amides is 1. The van der Waals surface area contributed by atoms with Gasteiger partial charge < -0.3 is 5.32 Å². The van der Waals surface area contributed by atoms with Crippen LogP contribution in [0.3, 0.4) is 0 Å². The van der Waals surface area contributed by atoms with Crippen LogP contribution in [0.4, 0.5) is 0 Å². The Balaban J connectivity index is 1.64. The summed E-state index contributed by atoms with van der Waals surface area (Å²) in [5.41, 5.74) is 1.35. The van der Waals surface area contributed by atoms with Gasteiger partial charge in [0.2, 0.25) is 5.91 Å². The third-order valence-electron chi connectivity index (χ3n) is 3.86. The molecule has 138 valence electrons. The molecule has 26 heavy (non-hydrogen) atoms. The minimum absolute atomic E-state index is 0.00731. The molecule has 1 N–H and O–H groups in total. The Morgan fingerprint density at radius 3 is 2.12 bits per heavy atom. The zero-order chi connectivity index (χ0) is 18.8. The number of carbonyl (C=O) groups is 2. The highest BCUT2D eigenvalue weighted by Gasteiger charge is 2.12. The van der Waals surface area contributed by atoms with Gasteiger partial charge in [-0.05, 0) is 12.0 Å². The molecule has 0 aliphatic carbocycles. The first-order valence-electron chi connectivity index (χ1n) is 8.55. The molecule has 0 radical (unpaired) electrons. The first kappa shape index (κ1) is 19.8. The molecule has 5 nitrogen and oxygen atoms in total. The highest BCUT2D eigenvalue weighted by atomic mass is 32.2. The molecule has 0 aromatic heterocycles. The summed E-state index contributed by atoms with van der Waals surface area (Å²) in [6, 6.07) is 17.8. The molecule has 0 unspecified atom stereocenters. The predicted octanol–water partition coefficient (Wildman–Crippen LogP) is 2.77. The number of ketones is 1. The number of carbonyl (C=O) groups excluding carboxylic acids is 2. The van der Waals surface area contributed by atoms with Crippen molar-refractivity contribution in [2.45, 2.75) is 25.0 Å². The topological polar surface area (TPSA) is 80.3 Å². The summed E-state index contributed by atoms with van der Waals surface area (Å²) in [6.07, 6.45) is 0.597. The molecule has 0 aliphatic rings. The van der Waals surface area contributed by atoms with E-state index < -0.39 is 9.84 Å². The maximum Gasteiger partial charge on any atom is 0.220 e. The average Bonchev–Trinajstić information content (AvgIpc) is 2.64. The molecule has 0 heterocycles. The molecular weight excluding hydrogens is 350 g/mol. The minimum Gasteiger partial charge on any atom is -0.356 e. The zero-order valence-corrected chi connectivity index (χ0v) is 15.4. The van der Waals surface area contributed by atoms with Crippen LogP contribution < -0.4 is 5.32 Å². The number of nitrogens with one attached hydrogen (secondary N) is 1. The van der Waals surface area contributed by atoms with E-state index in [-0.39, 0.29) is 42.6 Å². The normalized spacial score (nSPS) is 11.1. The lowest BCUT2D eigenvalue weighted by Gasteiger charge is -2.07. The number of hydrogen-bond acceptors (Lipinski definition) is 4. The van der Waals surface area contributed by atoms with E-state index in [2.05, 4.69) is 5.32 Å². The smallest absolute Gasteiger partial charge is 0.220 e. The second kappa shape index (κ2) is 9.87. The molecule has 2 aromatic rings. The number of hydrogen-bond donors (Lipinski definition) is 1. The van der Waals surface area contributed by atoms with E-state index in [4.69, 9.17) is 0 Å². The van der Waals surface area contributed by atoms with Gasteiger partial charge in [0.15, 0.2) is 15.6 Å². The van der Waals surface area contributed by atoms with Gasteiger partial charge in [0.25, 0.3) is 0 Å². The van der Waals surface area contributed by atoms with Gasteiger partial charge in [-0.2, -0.15) is 0 Å². The first-order valence-corrected chi connectivity index (χ1v) is 10.4. The van der Waals surface area contributed by atoms with Crippen molar-refractivity contribution in [2.24, 2.45) is 0 Å². The summed E-state index contributed by atoms with van der Waals surface area (Å²) >= 11 is 0. The molecule has 0 bridgehead atoms. The maximum absolute atomic E-state index is 12.1. The summed E-state index contributed by atoms with van der Waals surface area (Å²) in [7, 11) is -3.20. The Hall–Kier alpha value is -2.47. The van der Waals surface area contributed by atoms with Crippen molar-refractivity contribution in [3.63, 3.8) is 0 Å². The van der Waals surface area contributed by atoms with Crippen LogP contribution in [0.1, 0.15) is 35.2 Å². The number of sulfone groups is 1. The average molecular weight is 373 g/mol. The van der Waals surface area contributed by atoms with Crippen LogP contribution in [-0.4, -0.2) is 32.4 Å². The van der Waals surface area contributed by atoms with Crippen LogP contribution in [0.5, 0.6) is 0 Å². The fraction of sp³-hybridized carbons (Fsp3) is 0.300. The number of Topliss-reactive ketones (excluding diaryl/α,β-unsaturated/α-hetero) is 1. The first-order chi connectivity index (χ1) is 12.5. The highest BCUT2D eigenvalue weighted by molar-refractivity contribution is 7.90. The van der Waals surface area contributed by atoms with E-state index in [1.807, 2.05) is 24.3 Å². The van der Waals surface area contributed by atoms with Gasteiger partial charge in [0, 0.05) is 24.9 Å². The minimum atomic E-state index is -3.20. The van der Waals surface area contributed by atoms with E-state index >= 15 is 0 Å². The third-order valence-corrected chi connectivity index (χ3v) is 5.54. The zero-order valence-electron chi connectivity index (χ0n) is 14.6. The van der Waals surface area contributed by atoms with Crippen molar-refractivity contribution >= 4 is 21.5 Å². The van der Waals surface area contributed by atoms with Gasteiger partial charge in [-0.3, -0.25) is 9.59 Å². The molecule has 0 saturated heterocycles. The van der Waals surface area contributed by atoms with Gasteiger partial charge in [-0.15, -0.1) is 0 Å². The molecule has 6 heteroatoms. The van der Waals surface area contributed by atoms with Crippen molar-refractivity contribution in [3.05, 3.63) is 71.8 Å². The van der Waals surface area contributed by atoms with E-state index in [0.717, 1.165) is 5.56 Å². The Morgan fingerprint density at radius 2 is 1.46 bits per heavy atom. The van der Waals surface area contributed by atoms with Gasteiger partial charge in [0.1, 0.15) is 0 Å². The van der Waals surface area contributed by atoms with Crippen LogP contribution in [0.15, 0.2) is 60.7 Å². The van der Waals surface area contributed by atoms with Crippen LogP contribution in [-0.2, 0) is 20.4 Å². The summed E-state index contributed by atoms with van der Waals surface area (Å²) in [4.78, 5) is 23.7. The van der Waals surface area contributed by atoms with Crippen LogP contribution in [0, 0.1) is 0 Å². The van der Waals surface area contributed by atoms with Crippen LogP contribution >= 0.6 is 0 Å². The van der Waals surface area contributed by atoms with E-state index in [0.29, 0.717) is 12.0 Å². The Morgan fingerprint density at radius 1 is 0.846 bits per heavy atom. The summed E-state index contributed by atoms with van der Waals surface area (Å²) in [6.45, 7) is 0.284. The van der Waals surface area contributed by atoms with Crippen molar-refractivity contribution in [1.29, 1.82) is 0 Å². The SMILES string of the molecule is O=C(CCC(=O)c1ccccc1)NCCCS(=O)(=O)Cc1ccccc1. The maximum atomic E-state index is 12.1. The molecular formula is C20H23NO4S. The molecule has 0 aliphatic heterocycles. The van der Waals surface area contributed by atoms with Gasteiger partial charge in [-0.1, -0.05) is 60.7 Å². The number of rotatable bonds is 10. The molecule has 2 rings (SSSR count). The van der Waals surface area contributed by atoms with Crippen molar-refractivity contribution in [2.75, 3.05) is 12.3 Å². The van der Waals surface area contributed by atoms with Crippen LogP contribution in [0.2, 0.25) is 0 Å². The van der Waals surface area contributed by atoms with Gasteiger partial charge in [-0.25, -0.2) is 8.42 Å². The summed E-state index contributed by atoms with van der Waals surface area (Å²) in [5, 5.41) is 2.67. The Kier molecular flexibility index (Phi) is 7.53. The lowest BCUT2D eigenvalue weighted by Crippen LogP contribution is -2.26. The molecule has 0 fully saturated rings. The fourth-order valence-electron chi connectivity index (χ4n) is 2.50. The van der Waals surface area contributed by atoms with E-state index in [1.54, 1.807) is 36.4 Å². The predicted molar refractivity (Wildman–Crippen MR) is 102 cm³/mol.